The van der Waals surface area contributed by atoms with Crippen molar-refractivity contribution in [3.05, 3.63) is 23.8 Å². The van der Waals surface area contributed by atoms with Crippen LogP contribution in [0, 0.1) is 5.92 Å². The van der Waals surface area contributed by atoms with Crippen molar-refractivity contribution in [3.8, 4) is 0 Å². The summed E-state index contributed by atoms with van der Waals surface area (Å²) >= 11 is 0. The van der Waals surface area contributed by atoms with Gasteiger partial charge in [0.05, 0.1) is 0 Å². The molecule has 1 aliphatic carbocycles. The van der Waals surface area contributed by atoms with Crippen LogP contribution in [-0.2, 0) is 11.2 Å². The summed E-state index contributed by atoms with van der Waals surface area (Å²) < 4.78 is 0. The summed E-state index contributed by atoms with van der Waals surface area (Å²) in [6.07, 6.45) is 7.92. The van der Waals surface area contributed by atoms with Crippen LogP contribution in [0.4, 0.5) is 11.4 Å². The van der Waals surface area contributed by atoms with Gasteiger partial charge in [-0.05, 0) is 48.9 Å². The van der Waals surface area contributed by atoms with Crippen molar-refractivity contribution >= 4 is 17.3 Å². The molecule has 1 aromatic carbocycles. The largest absolute Gasteiger partial charge is 0.385 e. The Morgan fingerprint density at radius 1 is 1.30 bits per heavy atom. The summed E-state index contributed by atoms with van der Waals surface area (Å²) in [5, 5.41) is 3.58. The fourth-order valence-electron chi connectivity index (χ4n) is 3.49. The molecule has 0 spiro atoms. The molecule has 0 aromatic heterocycles. The third-order valence-corrected chi connectivity index (χ3v) is 4.67. The Balaban J connectivity index is 1.63. The normalized spacial score (nSPS) is 18.9. The maximum Gasteiger partial charge on any atom is 0.223 e. The lowest BCUT2D eigenvalue weighted by Gasteiger charge is -2.22. The number of nitrogens with one attached hydrogen (secondary N) is 1. The third kappa shape index (κ3) is 2.82. The summed E-state index contributed by atoms with van der Waals surface area (Å²) in [6, 6.07) is 6.43. The molecule has 3 nitrogen and oxygen atoms in total. The Morgan fingerprint density at radius 3 is 2.85 bits per heavy atom. The molecule has 1 N–H and O–H groups in total. The minimum absolute atomic E-state index is 0.145. The molecule has 20 heavy (non-hydrogen) atoms. The summed E-state index contributed by atoms with van der Waals surface area (Å²) in [5.74, 6) is 0.984. The van der Waals surface area contributed by atoms with Crippen LogP contribution in [0.15, 0.2) is 18.2 Å². The summed E-state index contributed by atoms with van der Waals surface area (Å²) in [6.45, 7) is 3.57. The number of carbonyl (C=O) groups is 1. The van der Waals surface area contributed by atoms with Crippen LogP contribution in [0.3, 0.4) is 0 Å². The molecular formula is C17H24N2O. The molecule has 1 aromatic rings. The lowest BCUT2D eigenvalue weighted by Crippen LogP contribution is -2.25. The highest BCUT2D eigenvalue weighted by atomic mass is 16.2. The smallest absolute Gasteiger partial charge is 0.223 e. The second-order valence-electron chi connectivity index (χ2n) is 6.15. The molecule has 1 saturated carbocycles. The van der Waals surface area contributed by atoms with E-state index < -0.39 is 0 Å². The molecule has 0 saturated heterocycles. The van der Waals surface area contributed by atoms with Crippen molar-refractivity contribution in [2.45, 2.75) is 45.4 Å². The number of carbonyl (C=O) groups excluding carboxylic acids is 1. The van der Waals surface area contributed by atoms with Crippen molar-refractivity contribution in [1.29, 1.82) is 0 Å². The van der Waals surface area contributed by atoms with E-state index in [1.165, 1.54) is 43.4 Å². The molecule has 1 aliphatic heterocycles. The van der Waals surface area contributed by atoms with Crippen LogP contribution in [0.2, 0.25) is 0 Å². The molecular weight excluding hydrogens is 248 g/mol. The number of fused-ring (bicyclic) bond motifs is 1. The molecule has 1 heterocycles. The van der Waals surface area contributed by atoms with Crippen molar-refractivity contribution in [2.75, 3.05) is 23.3 Å². The first kappa shape index (κ1) is 13.5. The van der Waals surface area contributed by atoms with E-state index in [1.54, 1.807) is 6.92 Å². The number of hydrogen-bond donors (Lipinski definition) is 1. The first-order valence-corrected chi connectivity index (χ1v) is 7.89. The lowest BCUT2D eigenvalue weighted by molar-refractivity contribution is -0.116. The Kier molecular flexibility index (Phi) is 3.95. The monoisotopic (exact) mass is 272 g/mol. The van der Waals surface area contributed by atoms with Gasteiger partial charge in [0.25, 0.3) is 0 Å². The number of hydrogen-bond acceptors (Lipinski definition) is 2. The molecule has 108 valence electrons. The second-order valence-corrected chi connectivity index (χ2v) is 6.15. The molecule has 1 fully saturated rings. The van der Waals surface area contributed by atoms with E-state index in [0.29, 0.717) is 0 Å². The predicted molar refractivity (Wildman–Crippen MR) is 83.2 cm³/mol. The number of benzene rings is 1. The van der Waals surface area contributed by atoms with Gasteiger partial charge < -0.3 is 10.2 Å². The Morgan fingerprint density at radius 2 is 2.10 bits per heavy atom. The van der Waals surface area contributed by atoms with E-state index in [0.717, 1.165) is 31.1 Å². The summed E-state index contributed by atoms with van der Waals surface area (Å²) in [4.78, 5) is 13.4. The second kappa shape index (κ2) is 5.86. The van der Waals surface area contributed by atoms with E-state index in [-0.39, 0.29) is 5.91 Å². The maximum atomic E-state index is 11.5. The van der Waals surface area contributed by atoms with Crippen molar-refractivity contribution < 1.29 is 4.79 Å². The van der Waals surface area contributed by atoms with E-state index in [2.05, 4.69) is 23.5 Å². The lowest BCUT2D eigenvalue weighted by atomic mass is 9.89. The highest BCUT2D eigenvalue weighted by molar-refractivity contribution is 5.94. The summed E-state index contributed by atoms with van der Waals surface area (Å²) in [7, 11) is 0. The van der Waals surface area contributed by atoms with Crippen molar-refractivity contribution in [3.63, 3.8) is 0 Å². The third-order valence-electron chi connectivity index (χ3n) is 4.67. The van der Waals surface area contributed by atoms with Crippen LogP contribution >= 0.6 is 0 Å². The fraction of sp³-hybridized carbons (Fsp3) is 0.588. The van der Waals surface area contributed by atoms with Gasteiger partial charge in [0.15, 0.2) is 0 Å². The number of amides is 1. The zero-order valence-corrected chi connectivity index (χ0v) is 12.3. The number of rotatable bonds is 3. The fourth-order valence-corrected chi connectivity index (χ4v) is 3.49. The van der Waals surface area contributed by atoms with Gasteiger partial charge in [0, 0.05) is 31.4 Å². The average molecular weight is 272 g/mol. The SMILES string of the molecule is CC(=O)N1CCc2cc(NCC3CCCCC3)ccc21. The summed E-state index contributed by atoms with van der Waals surface area (Å²) in [5.41, 5.74) is 3.61. The molecule has 3 heteroatoms. The highest BCUT2D eigenvalue weighted by Crippen LogP contribution is 2.31. The highest BCUT2D eigenvalue weighted by Gasteiger charge is 2.22. The van der Waals surface area contributed by atoms with Gasteiger partial charge in [0.2, 0.25) is 5.91 Å². The van der Waals surface area contributed by atoms with E-state index in [1.807, 2.05) is 4.90 Å². The first-order chi connectivity index (χ1) is 9.74. The minimum atomic E-state index is 0.145. The molecule has 2 aliphatic rings. The van der Waals surface area contributed by atoms with Gasteiger partial charge in [-0.25, -0.2) is 0 Å². The number of nitrogens with zero attached hydrogens (tertiary/aromatic N) is 1. The van der Waals surface area contributed by atoms with Gasteiger partial charge in [-0.3, -0.25) is 4.79 Å². The van der Waals surface area contributed by atoms with E-state index in [4.69, 9.17) is 0 Å². The Labute approximate surface area is 121 Å². The maximum absolute atomic E-state index is 11.5. The van der Waals surface area contributed by atoms with Crippen LogP contribution in [-0.4, -0.2) is 19.0 Å². The minimum Gasteiger partial charge on any atom is -0.385 e. The van der Waals surface area contributed by atoms with Gasteiger partial charge in [-0.15, -0.1) is 0 Å². The van der Waals surface area contributed by atoms with Crippen LogP contribution in [0.25, 0.3) is 0 Å². The zero-order chi connectivity index (χ0) is 13.9. The van der Waals surface area contributed by atoms with Gasteiger partial charge in [-0.2, -0.15) is 0 Å². The predicted octanol–water partition coefficient (Wildman–Crippen LogP) is 3.59. The Bertz CT molecular complexity index is 492. The van der Waals surface area contributed by atoms with Gasteiger partial charge in [-0.1, -0.05) is 19.3 Å². The molecule has 0 unspecified atom stereocenters. The van der Waals surface area contributed by atoms with Crippen molar-refractivity contribution in [2.24, 2.45) is 5.92 Å². The standard InChI is InChI=1S/C17H24N2O/c1-13(20)19-10-9-15-11-16(7-8-17(15)19)18-12-14-5-3-2-4-6-14/h7-8,11,14,18H,2-6,9-10,12H2,1H3. The topological polar surface area (TPSA) is 32.3 Å². The van der Waals surface area contributed by atoms with E-state index >= 15 is 0 Å². The van der Waals surface area contributed by atoms with E-state index in [9.17, 15) is 4.79 Å². The Hall–Kier alpha value is -1.51. The first-order valence-electron chi connectivity index (χ1n) is 7.89. The molecule has 0 bridgehead atoms. The molecule has 3 rings (SSSR count). The van der Waals surface area contributed by atoms with Crippen molar-refractivity contribution in [1.82, 2.24) is 0 Å². The zero-order valence-electron chi connectivity index (χ0n) is 12.3. The van der Waals surface area contributed by atoms with Gasteiger partial charge >= 0.3 is 0 Å². The molecule has 0 radical (unpaired) electrons. The van der Waals surface area contributed by atoms with Gasteiger partial charge in [0.1, 0.15) is 0 Å². The number of anilines is 2. The van der Waals surface area contributed by atoms with Crippen LogP contribution in [0.1, 0.15) is 44.6 Å². The molecule has 1 amide bonds. The quantitative estimate of drug-likeness (QED) is 0.912. The molecule has 0 atom stereocenters. The average Bonchev–Trinajstić information content (AvgIpc) is 2.89. The van der Waals surface area contributed by atoms with Crippen LogP contribution in [0.5, 0.6) is 0 Å². The van der Waals surface area contributed by atoms with Crippen LogP contribution < -0.4 is 10.2 Å².